The van der Waals surface area contributed by atoms with Crippen molar-refractivity contribution in [1.82, 2.24) is 4.98 Å². The summed E-state index contributed by atoms with van der Waals surface area (Å²) in [5.74, 6) is 0.791. The van der Waals surface area contributed by atoms with E-state index >= 15 is 0 Å². The summed E-state index contributed by atoms with van der Waals surface area (Å²) in [5.41, 5.74) is 3.12. The zero-order valence-corrected chi connectivity index (χ0v) is 10.1. The predicted molar refractivity (Wildman–Crippen MR) is 69.4 cm³/mol. The van der Waals surface area contributed by atoms with Gasteiger partial charge in [0.25, 0.3) is 0 Å². The van der Waals surface area contributed by atoms with E-state index in [1.165, 1.54) is 5.56 Å². The second kappa shape index (κ2) is 4.97. The molecule has 0 radical (unpaired) electrons. The lowest BCUT2D eigenvalue weighted by Gasteiger charge is -2.20. The predicted octanol–water partition coefficient (Wildman–Crippen LogP) is 2.65. The van der Waals surface area contributed by atoms with Gasteiger partial charge in [-0.1, -0.05) is 23.8 Å². The third-order valence-corrected chi connectivity index (χ3v) is 2.78. The largest absolute Gasteiger partial charge is 0.392 e. The average molecular weight is 228 g/mol. The molecule has 0 saturated carbocycles. The van der Waals surface area contributed by atoms with E-state index in [2.05, 4.69) is 24.0 Å². The summed E-state index contributed by atoms with van der Waals surface area (Å²) in [5, 5.41) is 9.29. The van der Waals surface area contributed by atoms with E-state index in [4.69, 9.17) is 0 Å². The number of aromatic nitrogens is 1. The Balaban J connectivity index is 2.36. The molecule has 1 heterocycles. The van der Waals surface area contributed by atoms with Crippen molar-refractivity contribution >= 4 is 11.5 Å². The van der Waals surface area contributed by atoms with E-state index in [9.17, 15) is 5.11 Å². The van der Waals surface area contributed by atoms with E-state index in [1.54, 1.807) is 6.20 Å². The summed E-state index contributed by atoms with van der Waals surface area (Å²) >= 11 is 0. The van der Waals surface area contributed by atoms with E-state index in [0.717, 1.165) is 17.1 Å². The molecule has 88 valence electrons. The van der Waals surface area contributed by atoms with Gasteiger partial charge in [0.15, 0.2) is 0 Å². The van der Waals surface area contributed by atoms with Gasteiger partial charge in [-0.05, 0) is 25.1 Å². The first-order valence-corrected chi connectivity index (χ1v) is 5.57. The Bertz CT molecular complexity index is 494. The summed E-state index contributed by atoms with van der Waals surface area (Å²) in [7, 11) is 1.95. The summed E-state index contributed by atoms with van der Waals surface area (Å²) < 4.78 is 0. The Hall–Kier alpha value is -1.87. The number of aliphatic hydroxyl groups excluding tert-OH is 1. The molecule has 0 atom stereocenters. The number of hydrogen-bond acceptors (Lipinski definition) is 3. The van der Waals surface area contributed by atoms with Crippen LogP contribution in [0.15, 0.2) is 42.6 Å². The monoisotopic (exact) mass is 228 g/mol. The van der Waals surface area contributed by atoms with Gasteiger partial charge < -0.3 is 10.0 Å². The molecule has 1 N–H and O–H groups in total. The zero-order chi connectivity index (χ0) is 12.3. The molecule has 0 aliphatic heterocycles. The number of aryl methyl sites for hydroxylation is 1. The molecule has 0 saturated heterocycles. The lowest BCUT2D eigenvalue weighted by atomic mass is 10.2. The normalized spacial score (nSPS) is 10.3. The number of pyridine rings is 1. The lowest BCUT2D eigenvalue weighted by Crippen LogP contribution is -2.13. The van der Waals surface area contributed by atoms with Crippen LogP contribution in [0.3, 0.4) is 0 Å². The van der Waals surface area contributed by atoms with Crippen LogP contribution in [0.2, 0.25) is 0 Å². The molecule has 1 aromatic heterocycles. The van der Waals surface area contributed by atoms with E-state index in [1.807, 2.05) is 36.2 Å². The number of hydrogen-bond donors (Lipinski definition) is 1. The third kappa shape index (κ3) is 2.45. The molecule has 0 unspecified atom stereocenters. The maximum atomic E-state index is 9.29. The average Bonchev–Trinajstić information content (AvgIpc) is 2.39. The summed E-state index contributed by atoms with van der Waals surface area (Å²) in [6.45, 7) is 2.06. The fourth-order valence-electron chi connectivity index (χ4n) is 1.75. The number of rotatable bonds is 3. The van der Waals surface area contributed by atoms with Gasteiger partial charge in [-0.25, -0.2) is 4.98 Å². The van der Waals surface area contributed by atoms with Crippen LogP contribution < -0.4 is 4.90 Å². The first-order valence-electron chi connectivity index (χ1n) is 5.57. The van der Waals surface area contributed by atoms with Crippen molar-refractivity contribution in [3.63, 3.8) is 0 Å². The summed E-state index contributed by atoms with van der Waals surface area (Å²) in [4.78, 5) is 6.29. The molecular weight excluding hydrogens is 212 g/mol. The molecule has 2 rings (SSSR count). The number of aliphatic hydroxyl groups is 1. The van der Waals surface area contributed by atoms with Gasteiger partial charge in [0.1, 0.15) is 5.82 Å². The van der Waals surface area contributed by atoms with Gasteiger partial charge in [-0.3, -0.25) is 0 Å². The maximum absolute atomic E-state index is 9.29. The van der Waals surface area contributed by atoms with Crippen molar-refractivity contribution in [2.75, 3.05) is 11.9 Å². The Morgan fingerprint density at radius 3 is 2.53 bits per heavy atom. The van der Waals surface area contributed by atoms with Crippen molar-refractivity contribution in [3.05, 3.63) is 53.7 Å². The van der Waals surface area contributed by atoms with Crippen molar-refractivity contribution in [1.29, 1.82) is 0 Å². The first kappa shape index (κ1) is 11.6. The Morgan fingerprint density at radius 1 is 1.18 bits per heavy atom. The molecule has 3 heteroatoms. The second-order valence-electron chi connectivity index (χ2n) is 4.04. The van der Waals surface area contributed by atoms with Gasteiger partial charge >= 0.3 is 0 Å². The van der Waals surface area contributed by atoms with Gasteiger partial charge in [-0.15, -0.1) is 0 Å². The van der Waals surface area contributed by atoms with Crippen LogP contribution in [0.25, 0.3) is 0 Å². The van der Waals surface area contributed by atoms with Crippen LogP contribution >= 0.6 is 0 Å². The minimum absolute atomic E-state index is 0.000620. The second-order valence-corrected chi connectivity index (χ2v) is 4.04. The molecule has 17 heavy (non-hydrogen) atoms. The minimum atomic E-state index is -0.000620. The molecule has 0 aliphatic carbocycles. The molecule has 0 amide bonds. The standard InChI is InChI=1S/C14H16N2O/c1-11-5-7-13(8-6-11)16(2)14-12(10-17)4-3-9-15-14/h3-9,17H,10H2,1-2H3. The molecule has 0 fully saturated rings. The fourth-order valence-corrected chi connectivity index (χ4v) is 1.75. The molecule has 0 bridgehead atoms. The van der Waals surface area contributed by atoms with Crippen LogP contribution in [0.4, 0.5) is 11.5 Å². The van der Waals surface area contributed by atoms with Crippen molar-refractivity contribution in [2.24, 2.45) is 0 Å². The van der Waals surface area contributed by atoms with Crippen LogP contribution in [0.1, 0.15) is 11.1 Å². The highest BCUT2D eigenvalue weighted by molar-refractivity contribution is 5.62. The molecule has 2 aromatic rings. The highest BCUT2D eigenvalue weighted by atomic mass is 16.3. The number of anilines is 2. The Kier molecular flexibility index (Phi) is 3.40. The van der Waals surface area contributed by atoms with Crippen LogP contribution in [-0.4, -0.2) is 17.1 Å². The topological polar surface area (TPSA) is 36.4 Å². The van der Waals surface area contributed by atoms with Gasteiger partial charge in [0, 0.05) is 24.5 Å². The minimum Gasteiger partial charge on any atom is -0.392 e. The van der Waals surface area contributed by atoms with Crippen molar-refractivity contribution < 1.29 is 5.11 Å². The van der Waals surface area contributed by atoms with Crippen LogP contribution in [0.5, 0.6) is 0 Å². The SMILES string of the molecule is Cc1ccc(N(C)c2ncccc2CO)cc1. The van der Waals surface area contributed by atoms with Crippen LogP contribution in [-0.2, 0) is 6.61 Å². The summed E-state index contributed by atoms with van der Waals surface area (Å²) in [6, 6.07) is 11.9. The van der Waals surface area contributed by atoms with E-state index in [-0.39, 0.29) is 6.61 Å². The van der Waals surface area contributed by atoms with Crippen molar-refractivity contribution in [2.45, 2.75) is 13.5 Å². The van der Waals surface area contributed by atoms with Gasteiger partial charge in [-0.2, -0.15) is 0 Å². The molecule has 1 aromatic carbocycles. The van der Waals surface area contributed by atoms with Gasteiger partial charge in [0.05, 0.1) is 6.61 Å². The lowest BCUT2D eigenvalue weighted by molar-refractivity contribution is 0.282. The number of benzene rings is 1. The highest BCUT2D eigenvalue weighted by Crippen LogP contribution is 2.24. The molecule has 3 nitrogen and oxygen atoms in total. The van der Waals surface area contributed by atoms with E-state index in [0.29, 0.717) is 0 Å². The first-order chi connectivity index (χ1) is 8.22. The molecular formula is C14H16N2O. The molecule has 0 aliphatic rings. The Morgan fingerprint density at radius 2 is 1.88 bits per heavy atom. The quantitative estimate of drug-likeness (QED) is 0.877. The molecule has 0 spiro atoms. The number of nitrogens with zero attached hydrogens (tertiary/aromatic N) is 2. The maximum Gasteiger partial charge on any atom is 0.138 e. The van der Waals surface area contributed by atoms with Gasteiger partial charge in [0.2, 0.25) is 0 Å². The third-order valence-electron chi connectivity index (χ3n) is 2.78. The zero-order valence-electron chi connectivity index (χ0n) is 10.1. The van der Waals surface area contributed by atoms with Crippen LogP contribution in [0, 0.1) is 6.92 Å². The summed E-state index contributed by atoms with van der Waals surface area (Å²) in [6.07, 6.45) is 1.74. The Labute approximate surface area is 101 Å². The highest BCUT2D eigenvalue weighted by Gasteiger charge is 2.09. The fraction of sp³-hybridized carbons (Fsp3) is 0.214. The van der Waals surface area contributed by atoms with Crippen molar-refractivity contribution in [3.8, 4) is 0 Å². The smallest absolute Gasteiger partial charge is 0.138 e. The van der Waals surface area contributed by atoms with E-state index < -0.39 is 0 Å².